The Morgan fingerprint density at radius 3 is 2.34 bits per heavy atom. The number of nitrogens with one attached hydrogen (secondary N) is 1. The molecule has 32 heavy (non-hydrogen) atoms. The van der Waals surface area contributed by atoms with Crippen molar-refractivity contribution in [2.45, 2.75) is 52.5 Å². The molecule has 4 amide bonds. The number of barbiturate groups is 1. The quantitative estimate of drug-likeness (QED) is 0.553. The van der Waals surface area contributed by atoms with Crippen molar-refractivity contribution in [3.05, 3.63) is 64.2 Å². The van der Waals surface area contributed by atoms with Crippen LogP contribution >= 0.6 is 0 Å². The zero-order valence-corrected chi connectivity index (χ0v) is 19.4. The van der Waals surface area contributed by atoms with E-state index in [9.17, 15) is 14.4 Å². The van der Waals surface area contributed by atoms with Crippen LogP contribution in [0.4, 0.5) is 16.2 Å². The molecule has 166 valence electrons. The van der Waals surface area contributed by atoms with Crippen LogP contribution in [0.3, 0.4) is 0 Å². The van der Waals surface area contributed by atoms with Crippen molar-refractivity contribution in [2.75, 3.05) is 16.8 Å². The number of hydrogen-bond acceptors (Lipinski definition) is 4. The highest BCUT2D eigenvalue weighted by Gasteiger charge is 2.37. The van der Waals surface area contributed by atoms with Crippen LogP contribution in [0.1, 0.15) is 55.4 Å². The molecular weight excluding hydrogens is 402 g/mol. The zero-order chi connectivity index (χ0) is 23.4. The van der Waals surface area contributed by atoms with Crippen molar-refractivity contribution >= 4 is 35.3 Å². The van der Waals surface area contributed by atoms with Gasteiger partial charge in [0.2, 0.25) is 0 Å². The number of urea groups is 1. The normalized spacial score (nSPS) is 21.6. The van der Waals surface area contributed by atoms with Gasteiger partial charge in [-0.05, 0) is 92.6 Å². The summed E-state index contributed by atoms with van der Waals surface area (Å²) in [6.45, 7) is 10.5. The van der Waals surface area contributed by atoms with E-state index in [0.29, 0.717) is 11.6 Å². The van der Waals surface area contributed by atoms with Gasteiger partial charge in [0.1, 0.15) is 5.57 Å². The minimum Gasteiger partial charge on any atom is -0.369 e. The first kappa shape index (κ1) is 21.8. The third-order valence-corrected chi connectivity index (χ3v) is 6.53. The number of rotatable bonds is 2. The van der Waals surface area contributed by atoms with Crippen molar-refractivity contribution in [1.29, 1.82) is 0 Å². The lowest BCUT2D eigenvalue weighted by Gasteiger charge is -2.45. The van der Waals surface area contributed by atoms with E-state index in [2.05, 4.69) is 38.0 Å². The van der Waals surface area contributed by atoms with E-state index in [0.717, 1.165) is 33.7 Å². The van der Waals surface area contributed by atoms with Crippen LogP contribution in [-0.4, -0.2) is 30.4 Å². The highest BCUT2D eigenvalue weighted by Crippen LogP contribution is 2.42. The molecule has 0 bridgehead atoms. The summed E-state index contributed by atoms with van der Waals surface area (Å²) in [6.07, 6.45) is 2.58. The third-order valence-electron chi connectivity index (χ3n) is 6.53. The predicted octanol–water partition coefficient (Wildman–Crippen LogP) is 4.69. The van der Waals surface area contributed by atoms with Crippen LogP contribution in [0, 0.1) is 13.8 Å². The predicted molar refractivity (Wildman–Crippen MR) is 127 cm³/mol. The molecule has 0 spiro atoms. The molecule has 2 heterocycles. The molecule has 1 unspecified atom stereocenters. The summed E-state index contributed by atoms with van der Waals surface area (Å²) >= 11 is 0. The first-order valence-electron chi connectivity index (χ1n) is 10.9. The molecule has 2 aliphatic rings. The van der Waals surface area contributed by atoms with Crippen molar-refractivity contribution in [3.63, 3.8) is 0 Å². The molecule has 2 aromatic carbocycles. The lowest BCUT2D eigenvalue weighted by molar-refractivity contribution is -0.122. The van der Waals surface area contributed by atoms with Crippen LogP contribution < -0.4 is 15.1 Å². The Hall–Kier alpha value is -3.41. The van der Waals surface area contributed by atoms with Crippen LogP contribution in [0.2, 0.25) is 0 Å². The maximum absolute atomic E-state index is 13.2. The van der Waals surface area contributed by atoms with Gasteiger partial charge in [-0.3, -0.25) is 14.9 Å². The number of carbonyl (C=O) groups is 3. The smallest absolute Gasteiger partial charge is 0.335 e. The van der Waals surface area contributed by atoms with Gasteiger partial charge in [0.05, 0.1) is 5.69 Å². The minimum atomic E-state index is -0.731. The van der Waals surface area contributed by atoms with Crippen molar-refractivity contribution in [2.24, 2.45) is 0 Å². The Balaban J connectivity index is 1.74. The van der Waals surface area contributed by atoms with Gasteiger partial charge < -0.3 is 4.90 Å². The van der Waals surface area contributed by atoms with Gasteiger partial charge in [0.25, 0.3) is 11.8 Å². The molecule has 1 N–H and O–H groups in total. The average Bonchev–Trinajstić information content (AvgIpc) is 2.68. The second-order valence-electron chi connectivity index (χ2n) is 9.60. The number of fused-ring (bicyclic) bond motifs is 1. The number of imide groups is 2. The zero-order valence-electron chi connectivity index (χ0n) is 19.4. The van der Waals surface area contributed by atoms with E-state index in [4.69, 9.17) is 0 Å². The maximum atomic E-state index is 13.2. The van der Waals surface area contributed by atoms with Gasteiger partial charge in [0.15, 0.2) is 0 Å². The van der Waals surface area contributed by atoms with Gasteiger partial charge >= 0.3 is 6.03 Å². The molecule has 2 aliphatic heterocycles. The van der Waals surface area contributed by atoms with Gasteiger partial charge in [-0.25, -0.2) is 9.69 Å². The molecule has 6 nitrogen and oxygen atoms in total. The summed E-state index contributed by atoms with van der Waals surface area (Å²) in [5, 5.41) is 2.31. The molecule has 0 aliphatic carbocycles. The van der Waals surface area contributed by atoms with Crippen LogP contribution in [0.25, 0.3) is 6.08 Å². The topological polar surface area (TPSA) is 69.7 Å². The van der Waals surface area contributed by atoms with Gasteiger partial charge in [-0.1, -0.05) is 19.1 Å². The first-order valence-corrected chi connectivity index (χ1v) is 10.9. The van der Waals surface area contributed by atoms with E-state index in [1.54, 1.807) is 18.2 Å². The molecule has 1 saturated heterocycles. The maximum Gasteiger partial charge on any atom is 0.335 e. The molecule has 1 atom stereocenters. The fourth-order valence-corrected chi connectivity index (χ4v) is 4.82. The number of benzene rings is 2. The lowest BCUT2D eigenvalue weighted by Crippen LogP contribution is -2.54. The molecule has 0 radical (unpaired) electrons. The van der Waals surface area contributed by atoms with Gasteiger partial charge in [-0.2, -0.15) is 0 Å². The fourth-order valence-electron chi connectivity index (χ4n) is 4.82. The van der Waals surface area contributed by atoms with Gasteiger partial charge in [-0.15, -0.1) is 0 Å². The summed E-state index contributed by atoms with van der Waals surface area (Å²) in [6, 6.07) is 10.7. The number of carbonyl (C=O) groups excluding carboxylic acids is 3. The summed E-state index contributed by atoms with van der Waals surface area (Å²) in [7, 11) is 2.09. The van der Waals surface area contributed by atoms with Crippen molar-refractivity contribution in [1.82, 2.24) is 5.32 Å². The second kappa shape index (κ2) is 7.62. The monoisotopic (exact) mass is 431 g/mol. The highest BCUT2D eigenvalue weighted by atomic mass is 16.2. The number of anilines is 2. The Morgan fingerprint density at radius 2 is 1.69 bits per heavy atom. The van der Waals surface area contributed by atoms with E-state index in [1.807, 2.05) is 38.1 Å². The SMILES string of the molecule is Cc1cc(C)cc(N2C(=O)NC(=O)/C(=C/c3ccc4c(c3)C(C)CC(C)(C)N4C)C2=O)c1. The average molecular weight is 432 g/mol. The number of amides is 4. The molecule has 1 fully saturated rings. The molecule has 4 rings (SSSR count). The highest BCUT2D eigenvalue weighted by molar-refractivity contribution is 6.39. The fraction of sp³-hybridized carbons (Fsp3) is 0.346. The third kappa shape index (κ3) is 3.70. The van der Waals surface area contributed by atoms with E-state index in [-0.39, 0.29) is 11.1 Å². The summed E-state index contributed by atoms with van der Waals surface area (Å²) < 4.78 is 0. The summed E-state index contributed by atoms with van der Waals surface area (Å²) in [5.74, 6) is -0.948. The van der Waals surface area contributed by atoms with Crippen LogP contribution in [0.5, 0.6) is 0 Å². The van der Waals surface area contributed by atoms with Crippen LogP contribution in [0.15, 0.2) is 42.0 Å². The number of nitrogens with zero attached hydrogens (tertiary/aromatic N) is 2. The van der Waals surface area contributed by atoms with Crippen molar-refractivity contribution in [3.8, 4) is 0 Å². The second-order valence-corrected chi connectivity index (χ2v) is 9.60. The summed E-state index contributed by atoms with van der Waals surface area (Å²) in [5.41, 5.74) is 5.41. The Morgan fingerprint density at radius 1 is 1.03 bits per heavy atom. The first-order chi connectivity index (χ1) is 15.0. The largest absolute Gasteiger partial charge is 0.369 e. The molecule has 0 aromatic heterocycles. The number of aryl methyl sites for hydroxylation is 2. The van der Waals surface area contributed by atoms with Crippen LogP contribution in [-0.2, 0) is 9.59 Å². The Kier molecular flexibility index (Phi) is 5.19. The summed E-state index contributed by atoms with van der Waals surface area (Å²) in [4.78, 5) is 41.6. The molecule has 0 saturated carbocycles. The number of hydrogen-bond donors (Lipinski definition) is 1. The lowest BCUT2D eigenvalue weighted by atomic mass is 9.80. The molecule has 2 aromatic rings. The standard InChI is InChI=1S/C26H29N3O3/c1-15-9-16(2)11-19(10-15)29-24(31)21(23(30)27-25(29)32)13-18-7-8-22-20(12-18)17(3)14-26(4,5)28(22)6/h7-13,17H,14H2,1-6H3,(H,27,30,32)/b21-13-. The van der Waals surface area contributed by atoms with Gasteiger partial charge in [0, 0.05) is 18.3 Å². The van der Waals surface area contributed by atoms with E-state index >= 15 is 0 Å². The molecular formula is C26H29N3O3. The Bertz CT molecular complexity index is 1160. The van der Waals surface area contributed by atoms with E-state index in [1.165, 1.54) is 5.56 Å². The Labute approximate surface area is 188 Å². The van der Waals surface area contributed by atoms with Crippen molar-refractivity contribution < 1.29 is 14.4 Å². The van der Waals surface area contributed by atoms with E-state index < -0.39 is 17.8 Å². The minimum absolute atomic E-state index is 0.0540. The molecule has 6 heteroatoms.